The van der Waals surface area contributed by atoms with Gasteiger partial charge in [0.15, 0.2) is 11.8 Å². The Hall–Kier alpha value is -2.79. The molecule has 1 saturated heterocycles. The second kappa shape index (κ2) is 11.6. The summed E-state index contributed by atoms with van der Waals surface area (Å²) in [5.74, 6) is -2.14. The Labute approximate surface area is 198 Å². The van der Waals surface area contributed by atoms with Crippen molar-refractivity contribution in [1.82, 2.24) is 4.90 Å². The van der Waals surface area contributed by atoms with Gasteiger partial charge in [-0.3, -0.25) is 19.3 Å². The van der Waals surface area contributed by atoms with Crippen LogP contribution in [0.4, 0.5) is 20.2 Å². The van der Waals surface area contributed by atoms with Crippen LogP contribution in [0.2, 0.25) is 0 Å². The number of primary amides is 1. The number of anilines is 2. The van der Waals surface area contributed by atoms with Gasteiger partial charge in [0.2, 0.25) is 5.91 Å². The van der Waals surface area contributed by atoms with Crippen LogP contribution >= 0.6 is 0 Å². The molecular weight excluding hydrogens is 450 g/mol. The van der Waals surface area contributed by atoms with Crippen molar-refractivity contribution in [3.05, 3.63) is 18.2 Å². The minimum Gasteiger partial charge on any atom is -0.433 e. The fourth-order valence-electron chi connectivity index (χ4n) is 3.78. The standard InChI is InChI=1S/C23H34F2N4O5/c1-14(2)11-28(13-23(3,4)5)19(20(26)31)21(32)27-16-7-6-15(10-17(16)34-22(24)25)29-8-9-33-12-18(29)30/h6-7,10,14,19,22H,8-9,11-13H2,1-5H3,(H2,26,31)(H,27,32)/t19-/m1/s1. The molecule has 9 nitrogen and oxygen atoms in total. The Morgan fingerprint density at radius 3 is 2.50 bits per heavy atom. The largest absolute Gasteiger partial charge is 0.433 e. The molecule has 0 bridgehead atoms. The summed E-state index contributed by atoms with van der Waals surface area (Å²) < 4.78 is 35.9. The van der Waals surface area contributed by atoms with Crippen molar-refractivity contribution in [3.8, 4) is 5.75 Å². The van der Waals surface area contributed by atoms with Gasteiger partial charge in [-0.2, -0.15) is 8.78 Å². The molecule has 34 heavy (non-hydrogen) atoms. The number of hydrogen-bond donors (Lipinski definition) is 2. The number of nitrogens with one attached hydrogen (secondary N) is 1. The third kappa shape index (κ3) is 7.91. The number of halogens is 2. The van der Waals surface area contributed by atoms with Gasteiger partial charge in [-0.05, 0) is 23.5 Å². The smallest absolute Gasteiger partial charge is 0.387 e. The molecule has 11 heteroatoms. The molecule has 1 fully saturated rings. The van der Waals surface area contributed by atoms with Crippen LogP contribution in [0.1, 0.15) is 34.6 Å². The summed E-state index contributed by atoms with van der Waals surface area (Å²) in [6.07, 6.45) is 0. The van der Waals surface area contributed by atoms with Gasteiger partial charge in [0.25, 0.3) is 11.8 Å². The van der Waals surface area contributed by atoms with Crippen LogP contribution in [0.3, 0.4) is 0 Å². The number of alkyl halides is 2. The fraction of sp³-hybridized carbons (Fsp3) is 0.609. The maximum atomic E-state index is 13.2. The Morgan fingerprint density at radius 1 is 1.29 bits per heavy atom. The van der Waals surface area contributed by atoms with Gasteiger partial charge in [-0.15, -0.1) is 0 Å². The summed E-state index contributed by atoms with van der Waals surface area (Å²) in [6, 6.07) is 2.77. The van der Waals surface area contributed by atoms with Crippen LogP contribution in [0.5, 0.6) is 5.75 Å². The quantitative estimate of drug-likeness (QED) is 0.493. The van der Waals surface area contributed by atoms with E-state index in [1.54, 1.807) is 4.90 Å². The maximum absolute atomic E-state index is 13.2. The molecule has 1 atom stereocenters. The molecule has 1 aromatic carbocycles. The van der Waals surface area contributed by atoms with Crippen LogP contribution in [0.25, 0.3) is 0 Å². The van der Waals surface area contributed by atoms with E-state index < -0.39 is 24.5 Å². The van der Waals surface area contributed by atoms with Crippen LogP contribution < -0.4 is 20.7 Å². The van der Waals surface area contributed by atoms with Crippen molar-refractivity contribution in [2.45, 2.75) is 47.3 Å². The van der Waals surface area contributed by atoms with Gasteiger partial charge in [-0.25, -0.2) is 0 Å². The lowest BCUT2D eigenvalue weighted by Gasteiger charge is -2.35. The number of hydrogen-bond acceptors (Lipinski definition) is 6. The van der Waals surface area contributed by atoms with Gasteiger partial charge in [-0.1, -0.05) is 34.6 Å². The molecule has 0 spiro atoms. The third-order valence-electron chi connectivity index (χ3n) is 4.90. The van der Waals surface area contributed by atoms with Gasteiger partial charge in [0, 0.05) is 31.4 Å². The first-order valence-electron chi connectivity index (χ1n) is 11.1. The van der Waals surface area contributed by atoms with Crippen molar-refractivity contribution in [2.75, 3.05) is 43.1 Å². The molecule has 190 valence electrons. The first-order chi connectivity index (χ1) is 15.8. The highest BCUT2D eigenvalue weighted by Crippen LogP contribution is 2.32. The molecule has 1 aromatic rings. The van der Waals surface area contributed by atoms with Crippen molar-refractivity contribution >= 4 is 29.1 Å². The number of morpholine rings is 1. The molecule has 3 amide bonds. The zero-order valence-electron chi connectivity index (χ0n) is 20.3. The van der Waals surface area contributed by atoms with E-state index >= 15 is 0 Å². The fourth-order valence-corrected chi connectivity index (χ4v) is 3.78. The maximum Gasteiger partial charge on any atom is 0.387 e. The summed E-state index contributed by atoms with van der Waals surface area (Å²) in [7, 11) is 0. The Kier molecular flexibility index (Phi) is 9.34. The normalized spacial score (nSPS) is 15.7. The number of carbonyl (C=O) groups excluding carboxylic acids is 3. The molecule has 1 aliphatic rings. The third-order valence-corrected chi connectivity index (χ3v) is 4.90. The highest BCUT2D eigenvalue weighted by atomic mass is 19.3. The first-order valence-corrected chi connectivity index (χ1v) is 11.1. The lowest BCUT2D eigenvalue weighted by molar-refractivity contribution is -0.133. The van der Waals surface area contributed by atoms with Crippen molar-refractivity contribution < 1.29 is 32.6 Å². The second-order valence-electron chi connectivity index (χ2n) is 9.84. The van der Waals surface area contributed by atoms with Crippen LogP contribution in [-0.2, 0) is 19.1 Å². The number of ether oxygens (including phenoxy) is 2. The van der Waals surface area contributed by atoms with E-state index in [2.05, 4.69) is 10.1 Å². The summed E-state index contributed by atoms with van der Waals surface area (Å²) >= 11 is 0. The summed E-state index contributed by atoms with van der Waals surface area (Å²) in [5, 5.41) is 2.51. The average molecular weight is 485 g/mol. The van der Waals surface area contributed by atoms with E-state index in [0.29, 0.717) is 25.4 Å². The monoisotopic (exact) mass is 484 g/mol. The number of nitrogens with zero attached hydrogens (tertiary/aromatic N) is 2. The van der Waals surface area contributed by atoms with Crippen molar-refractivity contribution in [1.29, 1.82) is 0 Å². The Bertz CT molecular complexity index is 889. The molecule has 0 saturated carbocycles. The zero-order valence-corrected chi connectivity index (χ0v) is 20.3. The van der Waals surface area contributed by atoms with Crippen molar-refractivity contribution in [3.63, 3.8) is 0 Å². The molecular formula is C23H34F2N4O5. The Morgan fingerprint density at radius 2 is 1.97 bits per heavy atom. The number of amides is 3. The molecule has 0 aliphatic carbocycles. The minimum absolute atomic E-state index is 0.0683. The number of benzene rings is 1. The first kappa shape index (κ1) is 27.5. The minimum atomic E-state index is -3.17. The summed E-state index contributed by atoms with van der Waals surface area (Å²) in [5.41, 5.74) is 5.61. The van der Waals surface area contributed by atoms with Gasteiger partial charge in [0.1, 0.15) is 6.61 Å². The Balaban J connectivity index is 2.36. The number of carbonyl (C=O) groups is 3. The molecule has 0 unspecified atom stereocenters. The van der Waals surface area contributed by atoms with E-state index in [4.69, 9.17) is 10.5 Å². The van der Waals surface area contributed by atoms with E-state index in [1.807, 2.05) is 34.6 Å². The molecule has 0 aromatic heterocycles. The van der Waals surface area contributed by atoms with Gasteiger partial charge >= 0.3 is 6.61 Å². The number of rotatable bonds is 10. The summed E-state index contributed by atoms with van der Waals surface area (Å²) in [4.78, 5) is 40.7. The SMILES string of the molecule is CC(C)CN(CC(C)(C)C)[C@H](C(N)=O)C(=O)Nc1ccc(N2CCOCC2=O)cc1OC(F)F. The second-order valence-corrected chi connectivity index (χ2v) is 9.84. The molecule has 1 heterocycles. The van der Waals surface area contributed by atoms with E-state index in [1.165, 1.54) is 23.1 Å². The zero-order chi connectivity index (χ0) is 25.6. The van der Waals surface area contributed by atoms with E-state index in [0.717, 1.165) is 0 Å². The van der Waals surface area contributed by atoms with Gasteiger partial charge < -0.3 is 25.4 Å². The molecule has 3 N–H and O–H groups in total. The summed E-state index contributed by atoms with van der Waals surface area (Å²) in [6.45, 7) is 7.90. The predicted octanol–water partition coefficient (Wildman–Crippen LogP) is 2.45. The van der Waals surface area contributed by atoms with Crippen molar-refractivity contribution in [2.24, 2.45) is 17.1 Å². The number of nitrogens with two attached hydrogens (primary N) is 1. The van der Waals surface area contributed by atoms with E-state index in [-0.39, 0.29) is 41.8 Å². The highest BCUT2D eigenvalue weighted by molar-refractivity contribution is 6.10. The molecule has 0 radical (unpaired) electrons. The van der Waals surface area contributed by atoms with Crippen LogP contribution in [-0.4, -0.2) is 68.1 Å². The lowest BCUT2D eigenvalue weighted by atomic mass is 9.94. The average Bonchev–Trinajstić information content (AvgIpc) is 2.67. The van der Waals surface area contributed by atoms with Gasteiger partial charge in [0.05, 0.1) is 12.3 Å². The van der Waals surface area contributed by atoms with Crippen LogP contribution in [0.15, 0.2) is 18.2 Å². The van der Waals surface area contributed by atoms with Crippen LogP contribution in [0, 0.1) is 11.3 Å². The lowest BCUT2D eigenvalue weighted by Crippen LogP contribution is -2.55. The highest BCUT2D eigenvalue weighted by Gasteiger charge is 2.34. The molecule has 1 aliphatic heterocycles. The predicted molar refractivity (Wildman–Crippen MR) is 124 cm³/mol. The topological polar surface area (TPSA) is 114 Å². The van der Waals surface area contributed by atoms with E-state index in [9.17, 15) is 23.2 Å². The molecule has 2 rings (SSSR count).